The molecule has 174 valence electrons. The summed E-state index contributed by atoms with van der Waals surface area (Å²) in [4.78, 5) is 34.9. The highest BCUT2D eigenvalue weighted by atomic mass is 16.2. The molecule has 4 N–H and O–H groups in total. The van der Waals surface area contributed by atoms with Gasteiger partial charge in [-0.05, 0) is 56.9 Å². The number of pyridine rings is 2. The summed E-state index contributed by atoms with van der Waals surface area (Å²) in [7, 11) is 5.48. The number of urea groups is 1. The van der Waals surface area contributed by atoms with E-state index in [4.69, 9.17) is 0 Å². The standard InChI is InChI=1S/C23H35N7O2/c1-16(2)28-21-19(22(31)24-3)11-10-18(29-21)8-6-7-13-25-23(32)27-15-17-9-12-20(26-14-17)30(4)5/h9-12,14,16H,6-8,13,15H2,1-5H3,(H,24,31)(H,28,29)(H2,25,27,32). The number of aryl methyl sites for hydroxylation is 1. The van der Waals surface area contributed by atoms with Gasteiger partial charge in [-0.15, -0.1) is 0 Å². The largest absolute Gasteiger partial charge is 0.367 e. The number of nitrogens with one attached hydrogen (secondary N) is 4. The fourth-order valence-corrected chi connectivity index (χ4v) is 3.00. The van der Waals surface area contributed by atoms with Crippen LogP contribution in [0.5, 0.6) is 0 Å². The van der Waals surface area contributed by atoms with E-state index in [0.29, 0.717) is 24.5 Å². The van der Waals surface area contributed by atoms with Gasteiger partial charge in [0, 0.05) is 52.2 Å². The van der Waals surface area contributed by atoms with Gasteiger partial charge < -0.3 is 26.2 Å². The molecule has 2 aromatic rings. The average molecular weight is 442 g/mol. The minimum atomic E-state index is -0.196. The maximum absolute atomic E-state index is 12.0. The molecule has 0 spiro atoms. The summed E-state index contributed by atoms with van der Waals surface area (Å²) >= 11 is 0. The highest BCUT2D eigenvalue weighted by Crippen LogP contribution is 2.16. The van der Waals surface area contributed by atoms with Crippen LogP contribution in [-0.4, -0.2) is 55.6 Å². The Bertz CT molecular complexity index is 882. The van der Waals surface area contributed by atoms with Gasteiger partial charge in [-0.25, -0.2) is 14.8 Å². The summed E-state index contributed by atoms with van der Waals surface area (Å²) in [5.41, 5.74) is 2.40. The molecule has 2 heterocycles. The first-order valence-electron chi connectivity index (χ1n) is 10.9. The third-order valence-electron chi connectivity index (χ3n) is 4.72. The molecule has 2 rings (SSSR count). The Hall–Kier alpha value is -3.36. The number of nitrogens with zero attached hydrogens (tertiary/aromatic N) is 3. The molecule has 9 heteroatoms. The van der Waals surface area contributed by atoms with Crippen molar-refractivity contribution in [1.82, 2.24) is 25.9 Å². The van der Waals surface area contributed by atoms with Gasteiger partial charge in [0.15, 0.2) is 0 Å². The highest BCUT2D eigenvalue weighted by Gasteiger charge is 2.13. The number of unbranched alkanes of at least 4 members (excludes halogenated alkanes) is 1. The lowest BCUT2D eigenvalue weighted by atomic mass is 10.1. The third kappa shape index (κ3) is 8.05. The average Bonchev–Trinajstić information content (AvgIpc) is 2.77. The van der Waals surface area contributed by atoms with Gasteiger partial charge in [0.25, 0.3) is 5.91 Å². The quantitative estimate of drug-likeness (QED) is 0.399. The third-order valence-corrected chi connectivity index (χ3v) is 4.72. The number of amides is 3. The molecular weight excluding hydrogens is 406 g/mol. The van der Waals surface area contributed by atoms with E-state index in [1.807, 2.05) is 51.0 Å². The van der Waals surface area contributed by atoms with Crippen LogP contribution in [0.2, 0.25) is 0 Å². The van der Waals surface area contributed by atoms with Gasteiger partial charge in [-0.3, -0.25) is 4.79 Å². The Morgan fingerprint density at radius 2 is 1.84 bits per heavy atom. The van der Waals surface area contributed by atoms with Crippen LogP contribution in [0.4, 0.5) is 16.4 Å². The summed E-state index contributed by atoms with van der Waals surface area (Å²) in [5.74, 6) is 1.32. The predicted octanol–water partition coefficient (Wildman–Crippen LogP) is 2.54. The second-order valence-corrected chi connectivity index (χ2v) is 8.06. The first kappa shape index (κ1) is 24.9. The minimum Gasteiger partial charge on any atom is -0.367 e. The zero-order valence-electron chi connectivity index (χ0n) is 19.7. The molecule has 0 aliphatic heterocycles. The second kappa shape index (κ2) is 12.5. The van der Waals surface area contributed by atoms with Crippen molar-refractivity contribution in [2.45, 2.75) is 45.7 Å². The molecule has 0 radical (unpaired) electrons. The van der Waals surface area contributed by atoms with E-state index in [1.54, 1.807) is 19.3 Å². The molecule has 2 aromatic heterocycles. The van der Waals surface area contributed by atoms with Gasteiger partial charge in [0.2, 0.25) is 0 Å². The van der Waals surface area contributed by atoms with Gasteiger partial charge in [-0.2, -0.15) is 0 Å². The van der Waals surface area contributed by atoms with Crippen LogP contribution in [0.25, 0.3) is 0 Å². The number of rotatable bonds is 11. The highest BCUT2D eigenvalue weighted by molar-refractivity contribution is 5.98. The molecule has 3 amide bonds. The lowest BCUT2D eigenvalue weighted by Gasteiger charge is -2.14. The lowest BCUT2D eigenvalue weighted by Crippen LogP contribution is -2.35. The number of hydrogen-bond acceptors (Lipinski definition) is 6. The number of aromatic nitrogens is 2. The maximum Gasteiger partial charge on any atom is 0.315 e. The lowest BCUT2D eigenvalue weighted by molar-refractivity contribution is 0.0963. The molecule has 0 aliphatic rings. The molecule has 0 saturated carbocycles. The summed E-state index contributed by atoms with van der Waals surface area (Å²) in [6.07, 6.45) is 4.25. The Kier molecular flexibility index (Phi) is 9.72. The van der Waals surface area contributed by atoms with Crippen molar-refractivity contribution >= 4 is 23.6 Å². The van der Waals surface area contributed by atoms with Crippen LogP contribution < -0.4 is 26.2 Å². The van der Waals surface area contributed by atoms with Crippen molar-refractivity contribution in [3.8, 4) is 0 Å². The Morgan fingerprint density at radius 1 is 1.06 bits per heavy atom. The molecule has 32 heavy (non-hydrogen) atoms. The van der Waals surface area contributed by atoms with E-state index < -0.39 is 0 Å². The predicted molar refractivity (Wildman–Crippen MR) is 128 cm³/mol. The Labute approximate surface area is 190 Å². The minimum absolute atomic E-state index is 0.160. The molecule has 0 saturated heterocycles. The van der Waals surface area contributed by atoms with Gasteiger partial charge >= 0.3 is 6.03 Å². The van der Waals surface area contributed by atoms with E-state index in [0.717, 1.165) is 36.3 Å². The van der Waals surface area contributed by atoms with E-state index in [1.165, 1.54) is 0 Å². The monoisotopic (exact) mass is 441 g/mol. The van der Waals surface area contributed by atoms with Crippen molar-refractivity contribution in [2.75, 3.05) is 37.9 Å². The van der Waals surface area contributed by atoms with Crippen LogP contribution in [0.15, 0.2) is 30.5 Å². The zero-order chi connectivity index (χ0) is 23.5. The SMILES string of the molecule is CNC(=O)c1ccc(CCCCNC(=O)NCc2ccc(N(C)C)nc2)nc1NC(C)C. The topological polar surface area (TPSA) is 111 Å². The first-order chi connectivity index (χ1) is 15.3. The molecule has 0 atom stereocenters. The van der Waals surface area contributed by atoms with Crippen molar-refractivity contribution in [1.29, 1.82) is 0 Å². The molecule has 0 fully saturated rings. The normalized spacial score (nSPS) is 10.6. The fourth-order valence-electron chi connectivity index (χ4n) is 3.00. The summed E-state index contributed by atoms with van der Waals surface area (Å²) in [5, 5.41) is 11.6. The van der Waals surface area contributed by atoms with E-state index in [2.05, 4.69) is 31.2 Å². The van der Waals surface area contributed by atoms with Crippen LogP contribution >= 0.6 is 0 Å². The first-order valence-corrected chi connectivity index (χ1v) is 10.9. The molecule has 0 aromatic carbocycles. The van der Waals surface area contributed by atoms with Crippen LogP contribution in [0, 0.1) is 0 Å². The molecule has 0 aliphatic carbocycles. The molecule has 0 unspecified atom stereocenters. The fraction of sp³-hybridized carbons (Fsp3) is 0.478. The van der Waals surface area contributed by atoms with Crippen molar-refractivity contribution < 1.29 is 9.59 Å². The van der Waals surface area contributed by atoms with Crippen molar-refractivity contribution in [2.24, 2.45) is 0 Å². The van der Waals surface area contributed by atoms with Gasteiger partial charge in [0.05, 0.1) is 5.56 Å². The maximum atomic E-state index is 12.0. The molecule has 9 nitrogen and oxygen atoms in total. The summed E-state index contributed by atoms with van der Waals surface area (Å²) in [6, 6.07) is 7.53. The number of carbonyl (C=O) groups excluding carboxylic acids is 2. The van der Waals surface area contributed by atoms with Crippen LogP contribution in [0.3, 0.4) is 0 Å². The van der Waals surface area contributed by atoms with E-state index in [-0.39, 0.29) is 18.0 Å². The van der Waals surface area contributed by atoms with E-state index in [9.17, 15) is 9.59 Å². The van der Waals surface area contributed by atoms with Gasteiger partial charge in [0.1, 0.15) is 11.6 Å². The number of carbonyl (C=O) groups is 2. The number of anilines is 2. The number of hydrogen-bond donors (Lipinski definition) is 4. The summed E-state index contributed by atoms with van der Waals surface area (Å²) < 4.78 is 0. The van der Waals surface area contributed by atoms with Crippen molar-refractivity contribution in [3.63, 3.8) is 0 Å². The smallest absolute Gasteiger partial charge is 0.315 e. The van der Waals surface area contributed by atoms with E-state index >= 15 is 0 Å². The van der Waals surface area contributed by atoms with Crippen molar-refractivity contribution in [3.05, 3.63) is 47.3 Å². The molecule has 0 bridgehead atoms. The second-order valence-electron chi connectivity index (χ2n) is 8.06. The zero-order valence-corrected chi connectivity index (χ0v) is 19.7. The van der Waals surface area contributed by atoms with Gasteiger partial charge in [-0.1, -0.05) is 6.07 Å². The Morgan fingerprint density at radius 3 is 2.47 bits per heavy atom. The Balaban J connectivity index is 1.72. The van der Waals surface area contributed by atoms with Crippen LogP contribution in [-0.2, 0) is 13.0 Å². The molecular formula is C23H35N7O2. The summed E-state index contributed by atoms with van der Waals surface area (Å²) in [6.45, 7) is 5.03. The van der Waals surface area contributed by atoms with Crippen LogP contribution in [0.1, 0.15) is 48.3 Å².